The van der Waals surface area contributed by atoms with Gasteiger partial charge in [-0.25, -0.2) is 0 Å². The van der Waals surface area contributed by atoms with Crippen LogP contribution in [-0.2, 0) is 4.74 Å². The van der Waals surface area contributed by atoms with Crippen LogP contribution >= 0.6 is 12.4 Å². The first-order chi connectivity index (χ1) is 5.97. The van der Waals surface area contributed by atoms with E-state index in [2.05, 4.69) is 29.6 Å². The third-order valence-corrected chi connectivity index (χ3v) is 2.12. The maximum absolute atomic E-state index is 5.37. The summed E-state index contributed by atoms with van der Waals surface area (Å²) >= 11 is 0. The Hall–Kier alpha value is -0.570. The lowest BCUT2D eigenvalue weighted by molar-refractivity contribution is 0.0769. The molecule has 13 heavy (non-hydrogen) atoms. The molecule has 1 unspecified atom stereocenters. The van der Waals surface area contributed by atoms with Crippen molar-refractivity contribution in [3.8, 4) is 0 Å². The Morgan fingerprint density at radius 1 is 1.23 bits per heavy atom. The zero-order valence-electron chi connectivity index (χ0n) is 7.40. The van der Waals surface area contributed by atoms with Crippen LogP contribution < -0.4 is 5.32 Å². The van der Waals surface area contributed by atoms with Crippen molar-refractivity contribution in [2.45, 2.75) is 6.04 Å². The highest BCUT2D eigenvalue weighted by Crippen LogP contribution is 2.14. The molecule has 1 heterocycles. The van der Waals surface area contributed by atoms with E-state index in [9.17, 15) is 0 Å². The fraction of sp³-hybridized carbons (Fsp3) is 0.400. The number of ether oxygens (including phenoxy) is 1. The number of benzene rings is 1. The molecule has 1 saturated heterocycles. The van der Waals surface area contributed by atoms with Crippen molar-refractivity contribution < 1.29 is 4.74 Å². The second-order valence-electron chi connectivity index (χ2n) is 2.99. The summed E-state index contributed by atoms with van der Waals surface area (Å²) in [4.78, 5) is 0. The quantitative estimate of drug-likeness (QED) is 0.745. The van der Waals surface area contributed by atoms with Gasteiger partial charge in [-0.15, -0.1) is 12.4 Å². The highest BCUT2D eigenvalue weighted by molar-refractivity contribution is 5.85. The van der Waals surface area contributed by atoms with E-state index < -0.39 is 0 Å². The second kappa shape index (κ2) is 5.22. The van der Waals surface area contributed by atoms with E-state index in [-0.39, 0.29) is 12.4 Å². The van der Waals surface area contributed by atoms with Crippen LogP contribution in [0, 0.1) is 0 Å². The molecule has 2 nitrogen and oxygen atoms in total. The molecule has 1 aliphatic heterocycles. The predicted molar refractivity (Wildman–Crippen MR) is 55.3 cm³/mol. The van der Waals surface area contributed by atoms with Crippen molar-refractivity contribution in [3.63, 3.8) is 0 Å². The molecule has 1 aromatic rings. The molecule has 0 aromatic heterocycles. The molecule has 0 radical (unpaired) electrons. The Labute approximate surface area is 84.7 Å². The van der Waals surface area contributed by atoms with E-state index in [4.69, 9.17) is 4.74 Å². The monoisotopic (exact) mass is 199 g/mol. The van der Waals surface area contributed by atoms with Crippen molar-refractivity contribution in [3.05, 3.63) is 35.9 Å². The molecular formula is C10H14ClNO. The number of morpholine rings is 1. The van der Waals surface area contributed by atoms with Gasteiger partial charge in [0.25, 0.3) is 0 Å². The first-order valence-electron chi connectivity index (χ1n) is 4.33. The lowest BCUT2D eigenvalue weighted by Gasteiger charge is -2.23. The predicted octanol–water partition coefficient (Wildman–Crippen LogP) is 1.77. The first-order valence-corrected chi connectivity index (χ1v) is 4.33. The summed E-state index contributed by atoms with van der Waals surface area (Å²) in [5, 5.41) is 3.41. The molecule has 2 rings (SSSR count). The number of nitrogens with one attached hydrogen (secondary N) is 1. The normalized spacial score (nSPS) is 22.0. The summed E-state index contributed by atoms with van der Waals surface area (Å²) in [6.07, 6.45) is 0. The SMILES string of the molecule is Cl.c1ccc(C2COCCN2)cc1. The Bertz CT molecular complexity index is 234. The third kappa shape index (κ3) is 2.69. The minimum atomic E-state index is 0. The Morgan fingerprint density at radius 3 is 2.62 bits per heavy atom. The largest absolute Gasteiger partial charge is 0.378 e. The summed E-state index contributed by atoms with van der Waals surface area (Å²) in [7, 11) is 0. The van der Waals surface area contributed by atoms with Crippen LogP contribution in [-0.4, -0.2) is 19.8 Å². The molecule has 0 bridgehead atoms. The fourth-order valence-corrected chi connectivity index (χ4v) is 1.46. The molecule has 0 saturated carbocycles. The zero-order valence-corrected chi connectivity index (χ0v) is 8.22. The molecule has 1 aliphatic rings. The molecule has 0 aliphatic carbocycles. The number of hydrogen-bond acceptors (Lipinski definition) is 2. The van der Waals surface area contributed by atoms with Crippen molar-refractivity contribution >= 4 is 12.4 Å². The van der Waals surface area contributed by atoms with Gasteiger partial charge in [-0.2, -0.15) is 0 Å². The van der Waals surface area contributed by atoms with Gasteiger partial charge in [-0.3, -0.25) is 0 Å². The van der Waals surface area contributed by atoms with Crippen LogP contribution in [0.4, 0.5) is 0 Å². The van der Waals surface area contributed by atoms with Crippen LogP contribution in [0.1, 0.15) is 11.6 Å². The van der Waals surface area contributed by atoms with Crippen LogP contribution in [0.5, 0.6) is 0 Å². The van der Waals surface area contributed by atoms with E-state index >= 15 is 0 Å². The van der Waals surface area contributed by atoms with E-state index in [0.717, 1.165) is 19.8 Å². The Balaban J connectivity index is 0.000000845. The van der Waals surface area contributed by atoms with E-state index in [0.29, 0.717) is 6.04 Å². The summed E-state index contributed by atoms with van der Waals surface area (Å²) in [5.74, 6) is 0. The molecule has 0 amide bonds. The van der Waals surface area contributed by atoms with Crippen molar-refractivity contribution in [1.82, 2.24) is 5.32 Å². The van der Waals surface area contributed by atoms with Gasteiger partial charge >= 0.3 is 0 Å². The van der Waals surface area contributed by atoms with Gasteiger partial charge in [-0.1, -0.05) is 30.3 Å². The maximum Gasteiger partial charge on any atom is 0.0662 e. The molecular weight excluding hydrogens is 186 g/mol. The van der Waals surface area contributed by atoms with Crippen molar-refractivity contribution in [2.24, 2.45) is 0 Å². The number of hydrogen-bond donors (Lipinski definition) is 1. The van der Waals surface area contributed by atoms with Crippen LogP contribution in [0.15, 0.2) is 30.3 Å². The molecule has 1 aromatic carbocycles. The van der Waals surface area contributed by atoms with Crippen LogP contribution in [0.2, 0.25) is 0 Å². The minimum Gasteiger partial charge on any atom is -0.378 e. The third-order valence-electron chi connectivity index (χ3n) is 2.12. The molecule has 1 N–H and O–H groups in total. The summed E-state index contributed by atoms with van der Waals surface area (Å²) in [6, 6.07) is 10.8. The highest BCUT2D eigenvalue weighted by atomic mass is 35.5. The van der Waals surface area contributed by atoms with Crippen LogP contribution in [0.3, 0.4) is 0 Å². The van der Waals surface area contributed by atoms with Gasteiger partial charge < -0.3 is 10.1 Å². The summed E-state index contributed by atoms with van der Waals surface area (Å²) in [6.45, 7) is 2.59. The van der Waals surface area contributed by atoms with Gasteiger partial charge in [0.05, 0.1) is 19.3 Å². The maximum atomic E-state index is 5.37. The average Bonchev–Trinajstić information content (AvgIpc) is 2.21. The molecule has 0 spiro atoms. The smallest absolute Gasteiger partial charge is 0.0662 e. The number of rotatable bonds is 1. The molecule has 1 atom stereocenters. The summed E-state index contributed by atoms with van der Waals surface area (Å²) < 4.78 is 5.37. The van der Waals surface area contributed by atoms with Gasteiger partial charge in [0.15, 0.2) is 0 Å². The standard InChI is InChI=1S/C10H13NO.ClH/c1-2-4-9(5-3-1)10-8-12-7-6-11-10;/h1-5,10-11H,6-8H2;1H. The topological polar surface area (TPSA) is 21.3 Å². The Kier molecular flexibility index (Phi) is 4.22. The lowest BCUT2D eigenvalue weighted by atomic mass is 10.1. The van der Waals surface area contributed by atoms with E-state index in [1.165, 1.54) is 5.56 Å². The molecule has 3 heteroatoms. The van der Waals surface area contributed by atoms with E-state index in [1.54, 1.807) is 0 Å². The second-order valence-corrected chi connectivity index (χ2v) is 2.99. The van der Waals surface area contributed by atoms with Gasteiger partial charge in [-0.05, 0) is 5.56 Å². The first kappa shape index (κ1) is 10.5. The van der Waals surface area contributed by atoms with Crippen molar-refractivity contribution in [1.29, 1.82) is 0 Å². The number of halogens is 1. The summed E-state index contributed by atoms with van der Waals surface area (Å²) in [5.41, 5.74) is 1.32. The lowest BCUT2D eigenvalue weighted by Crippen LogP contribution is -2.34. The van der Waals surface area contributed by atoms with Gasteiger partial charge in [0.2, 0.25) is 0 Å². The fourth-order valence-electron chi connectivity index (χ4n) is 1.46. The van der Waals surface area contributed by atoms with Crippen LogP contribution in [0.25, 0.3) is 0 Å². The van der Waals surface area contributed by atoms with Gasteiger partial charge in [0, 0.05) is 6.54 Å². The molecule has 72 valence electrons. The minimum absolute atomic E-state index is 0. The highest BCUT2D eigenvalue weighted by Gasteiger charge is 2.13. The van der Waals surface area contributed by atoms with E-state index in [1.807, 2.05) is 6.07 Å². The zero-order chi connectivity index (χ0) is 8.23. The van der Waals surface area contributed by atoms with Crippen molar-refractivity contribution in [2.75, 3.05) is 19.8 Å². The molecule has 1 fully saturated rings. The Morgan fingerprint density at radius 2 is 2.00 bits per heavy atom. The van der Waals surface area contributed by atoms with Gasteiger partial charge in [0.1, 0.15) is 0 Å². The average molecular weight is 200 g/mol.